The first-order chi connectivity index (χ1) is 6.22. The van der Waals surface area contributed by atoms with Crippen LogP contribution in [0.25, 0.3) is 5.65 Å². The minimum Gasteiger partial charge on any atom is -0.290 e. The molecule has 0 spiro atoms. The Hall–Kier alpha value is -1.24. The van der Waals surface area contributed by atoms with Crippen LogP contribution in [0.2, 0.25) is 10.2 Å². The van der Waals surface area contributed by atoms with Gasteiger partial charge in [-0.05, 0) is 6.07 Å². The Labute approximate surface area is 84.1 Å². The molecule has 0 aromatic carbocycles. The van der Waals surface area contributed by atoms with Crippen molar-refractivity contribution >= 4 is 28.8 Å². The van der Waals surface area contributed by atoms with Crippen LogP contribution in [0.15, 0.2) is 18.3 Å². The zero-order chi connectivity index (χ0) is 9.42. The number of halogens is 2. The fourth-order valence-electron chi connectivity index (χ4n) is 1.09. The summed E-state index contributed by atoms with van der Waals surface area (Å²) in [5, 5.41) is 9.51. The van der Waals surface area contributed by atoms with E-state index in [9.17, 15) is 0 Å². The Balaban J connectivity index is 2.88. The SMILES string of the molecule is N#Cc1c(Cl)nc2cc(Cl)ccn12. The summed E-state index contributed by atoms with van der Waals surface area (Å²) in [5.41, 5.74) is 0.905. The number of rotatable bonds is 0. The highest BCUT2D eigenvalue weighted by Crippen LogP contribution is 2.19. The van der Waals surface area contributed by atoms with Crippen molar-refractivity contribution in [1.82, 2.24) is 9.38 Å². The number of pyridine rings is 1. The van der Waals surface area contributed by atoms with Crippen molar-refractivity contribution < 1.29 is 0 Å². The zero-order valence-electron chi connectivity index (χ0n) is 6.33. The molecule has 0 atom stereocenters. The zero-order valence-corrected chi connectivity index (χ0v) is 7.84. The van der Waals surface area contributed by atoms with Gasteiger partial charge in [0.05, 0.1) is 0 Å². The quantitative estimate of drug-likeness (QED) is 0.673. The molecule has 0 fully saturated rings. The van der Waals surface area contributed by atoms with Crippen LogP contribution in [-0.4, -0.2) is 9.38 Å². The lowest BCUT2D eigenvalue weighted by Gasteiger charge is -1.93. The van der Waals surface area contributed by atoms with Gasteiger partial charge in [0.25, 0.3) is 0 Å². The van der Waals surface area contributed by atoms with Crippen LogP contribution in [0.1, 0.15) is 5.69 Å². The Kier molecular flexibility index (Phi) is 1.87. The predicted molar refractivity (Wildman–Crippen MR) is 49.9 cm³/mol. The van der Waals surface area contributed by atoms with Crippen molar-refractivity contribution in [3.8, 4) is 6.07 Å². The van der Waals surface area contributed by atoms with E-state index in [1.165, 1.54) is 0 Å². The summed E-state index contributed by atoms with van der Waals surface area (Å²) in [7, 11) is 0. The molecule has 0 N–H and O–H groups in total. The summed E-state index contributed by atoms with van der Waals surface area (Å²) in [6.07, 6.45) is 1.66. The van der Waals surface area contributed by atoms with Crippen molar-refractivity contribution in [2.75, 3.05) is 0 Å². The third-order valence-electron chi connectivity index (χ3n) is 1.65. The lowest BCUT2D eigenvalue weighted by atomic mass is 10.4. The molecule has 13 heavy (non-hydrogen) atoms. The molecule has 3 nitrogen and oxygen atoms in total. The molecule has 0 radical (unpaired) electrons. The lowest BCUT2D eigenvalue weighted by molar-refractivity contribution is 1.15. The molecule has 0 saturated heterocycles. The normalized spacial score (nSPS) is 10.2. The minimum atomic E-state index is 0.199. The van der Waals surface area contributed by atoms with E-state index in [1.54, 1.807) is 22.7 Å². The third kappa shape index (κ3) is 1.24. The molecule has 0 aliphatic carbocycles. The van der Waals surface area contributed by atoms with Gasteiger partial charge in [-0.2, -0.15) is 5.26 Å². The molecule has 0 amide bonds. The van der Waals surface area contributed by atoms with E-state index in [0.717, 1.165) is 0 Å². The smallest absolute Gasteiger partial charge is 0.166 e. The van der Waals surface area contributed by atoms with Crippen LogP contribution in [0.3, 0.4) is 0 Å². The molecule has 2 aromatic rings. The largest absolute Gasteiger partial charge is 0.290 e. The minimum absolute atomic E-state index is 0.199. The van der Waals surface area contributed by atoms with Crippen molar-refractivity contribution in [2.45, 2.75) is 0 Å². The van der Waals surface area contributed by atoms with Gasteiger partial charge in [0.15, 0.2) is 10.8 Å². The van der Waals surface area contributed by atoms with Crippen molar-refractivity contribution in [1.29, 1.82) is 5.26 Å². The van der Waals surface area contributed by atoms with E-state index in [1.807, 2.05) is 6.07 Å². The number of nitrogens with zero attached hydrogens (tertiary/aromatic N) is 3. The van der Waals surface area contributed by atoms with Crippen LogP contribution in [0.5, 0.6) is 0 Å². The molecule has 2 heterocycles. The summed E-state index contributed by atoms with van der Waals surface area (Å²) in [6, 6.07) is 5.28. The molecule has 2 aromatic heterocycles. The molecular weight excluding hydrogens is 209 g/mol. The second-order valence-corrected chi connectivity index (χ2v) is 3.23. The monoisotopic (exact) mass is 211 g/mol. The number of imidazole rings is 1. The number of hydrogen-bond acceptors (Lipinski definition) is 2. The summed E-state index contributed by atoms with van der Waals surface area (Å²) < 4.78 is 1.59. The maximum absolute atomic E-state index is 8.75. The number of nitriles is 1. The second kappa shape index (κ2) is 2.91. The average molecular weight is 212 g/mol. The summed E-state index contributed by atoms with van der Waals surface area (Å²) >= 11 is 11.5. The Morgan fingerprint density at radius 2 is 2.23 bits per heavy atom. The van der Waals surface area contributed by atoms with Gasteiger partial charge in [-0.1, -0.05) is 23.2 Å². The molecule has 64 valence electrons. The van der Waals surface area contributed by atoms with Gasteiger partial charge in [0.1, 0.15) is 11.7 Å². The topological polar surface area (TPSA) is 41.1 Å². The van der Waals surface area contributed by atoms with Gasteiger partial charge in [0, 0.05) is 17.3 Å². The van der Waals surface area contributed by atoms with Gasteiger partial charge in [0.2, 0.25) is 0 Å². The van der Waals surface area contributed by atoms with Gasteiger partial charge in [-0.3, -0.25) is 4.40 Å². The van der Waals surface area contributed by atoms with Crippen LogP contribution in [0.4, 0.5) is 0 Å². The standard InChI is InChI=1S/C8H3Cl2N3/c9-5-1-2-13-6(4-11)8(10)12-7(13)3-5/h1-3H. The molecule has 5 heteroatoms. The molecule has 0 saturated carbocycles. The molecule has 0 bridgehead atoms. The summed E-state index contributed by atoms with van der Waals surface area (Å²) in [5.74, 6) is 0. The number of fused-ring (bicyclic) bond motifs is 1. The fraction of sp³-hybridized carbons (Fsp3) is 0. The van der Waals surface area contributed by atoms with Gasteiger partial charge < -0.3 is 0 Å². The maximum Gasteiger partial charge on any atom is 0.166 e. The van der Waals surface area contributed by atoms with Gasteiger partial charge in [-0.15, -0.1) is 0 Å². The highest BCUT2D eigenvalue weighted by Gasteiger charge is 2.08. The first kappa shape index (κ1) is 8.36. The molecule has 0 aliphatic heterocycles. The molecule has 0 aliphatic rings. The number of aromatic nitrogens is 2. The predicted octanol–water partition coefficient (Wildman–Crippen LogP) is 2.51. The van der Waals surface area contributed by atoms with Crippen LogP contribution in [0, 0.1) is 11.3 Å². The summed E-state index contributed by atoms with van der Waals surface area (Å²) in [6.45, 7) is 0. The molecular formula is C8H3Cl2N3. The third-order valence-corrected chi connectivity index (χ3v) is 2.15. The van der Waals surface area contributed by atoms with E-state index >= 15 is 0 Å². The van der Waals surface area contributed by atoms with Crippen molar-refractivity contribution in [2.24, 2.45) is 0 Å². The Bertz CT molecular complexity index is 510. The van der Waals surface area contributed by atoms with E-state index in [4.69, 9.17) is 28.5 Å². The summed E-state index contributed by atoms with van der Waals surface area (Å²) in [4.78, 5) is 3.97. The number of hydrogen-bond donors (Lipinski definition) is 0. The van der Waals surface area contributed by atoms with Gasteiger partial charge in [-0.25, -0.2) is 4.98 Å². The molecule has 2 rings (SSSR count). The lowest BCUT2D eigenvalue weighted by Crippen LogP contribution is -1.86. The van der Waals surface area contributed by atoms with Crippen LogP contribution >= 0.6 is 23.2 Å². The van der Waals surface area contributed by atoms with Crippen molar-refractivity contribution in [3.63, 3.8) is 0 Å². The Morgan fingerprint density at radius 3 is 2.92 bits per heavy atom. The molecule has 0 unspecified atom stereocenters. The highest BCUT2D eigenvalue weighted by atomic mass is 35.5. The van der Waals surface area contributed by atoms with E-state index in [2.05, 4.69) is 4.98 Å². The Morgan fingerprint density at radius 1 is 1.46 bits per heavy atom. The van der Waals surface area contributed by atoms with E-state index in [-0.39, 0.29) is 5.15 Å². The van der Waals surface area contributed by atoms with Crippen molar-refractivity contribution in [3.05, 3.63) is 34.2 Å². The second-order valence-electron chi connectivity index (χ2n) is 2.44. The maximum atomic E-state index is 8.75. The van der Waals surface area contributed by atoms with Crippen LogP contribution < -0.4 is 0 Å². The van der Waals surface area contributed by atoms with Crippen LogP contribution in [-0.2, 0) is 0 Å². The van der Waals surface area contributed by atoms with E-state index < -0.39 is 0 Å². The average Bonchev–Trinajstić information content (AvgIpc) is 2.39. The highest BCUT2D eigenvalue weighted by molar-refractivity contribution is 6.31. The first-order valence-electron chi connectivity index (χ1n) is 3.45. The first-order valence-corrected chi connectivity index (χ1v) is 4.21. The fourth-order valence-corrected chi connectivity index (χ4v) is 1.47. The van der Waals surface area contributed by atoms with Gasteiger partial charge >= 0.3 is 0 Å². The van der Waals surface area contributed by atoms with E-state index in [0.29, 0.717) is 16.4 Å².